The lowest BCUT2D eigenvalue weighted by molar-refractivity contribution is -0.152. The molecular formula is C10H15ClN2O2. The van der Waals surface area contributed by atoms with E-state index in [2.05, 4.69) is 16.6 Å². The summed E-state index contributed by atoms with van der Waals surface area (Å²) in [5.74, 6) is 0. The second kappa shape index (κ2) is 4.88. The van der Waals surface area contributed by atoms with E-state index in [0.29, 0.717) is 18.5 Å². The normalized spacial score (nSPS) is 38.5. The van der Waals surface area contributed by atoms with Gasteiger partial charge in [0.05, 0.1) is 12.1 Å². The van der Waals surface area contributed by atoms with Crippen LogP contribution in [0.3, 0.4) is 0 Å². The van der Waals surface area contributed by atoms with Crippen LogP contribution >= 0.6 is 11.6 Å². The Morgan fingerprint density at radius 1 is 1.80 bits per heavy atom. The number of aliphatic hydroxyl groups excluding tert-OH is 1. The summed E-state index contributed by atoms with van der Waals surface area (Å²) < 4.78 is 5.47. The number of halogens is 1. The van der Waals surface area contributed by atoms with E-state index in [1.807, 2.05) is 13.8 Å². The van der Waals surface area contributed by atoms with Crippen molar-refractivity contribution in [3.8, 4) is 0 Å². The fraction of sp³-hybridized carbons (Fsp3) is 0.600. The molecule has 0 bridgehead atoms. The number of aliphatic imine (C=N–C) groups is 2. The number of aliphatic hydroxyl groups is 1. The van der Waals surface area contributed by atoms with Crippen LogP contribution in [0.2, 0.25) is 0 Å². The van der Waals surface area contributed by atoms with Crippen molar-refractivity contribution in [1.82, 2.24) is 0 Å². The highest BCUT2D eigenvalue weighted by Crippen LogP contribution is 2.20. The molecule has 1 heterocycles. The van der Waals surface area contributed by atoms with E-state index >= 15 is 0 Å². The Bertz CT molecular complexity index is 315. The van der Waals surface area contributed by atoms with E-state index < -0.39 is 11.9 Å². The average Bonchev–Trinajstić information content (AvgIpc) is 2.25. The molecule has 0 aliphatic carbocycles. The first-order valence-electron chi connectivity index (χ1n) is 4.75. The SMILES string of the molecule is C=C1/C=N\C(Cl)=N/CC(C)(CC)OC1O. The van der Waals surface area contributed by atoms with Crippen molar-refractivity contribution in [3.05, 3.63) is 12.2 Å². The molecule has 1 aliphatic rings. The minimum atomic E-state index is -1.06. The Kier molecular flexibility index (Phi) is 4.02. The van der Waals surface area contributed by atoms with Gasteiger partial charge >= 0.3 is 0 Å². The largest absolute Gasteiger partial charge is 0.364 e. The van der Waals surface area contributed by atoms with Crippen LogP contribution in [0.15, 0.2) is 22.1 Å². The van der Waals surface area contributed by atoms with Crippen molar-refractivity contribution in [2.45, 2.75) is 32.2 Å². The quantitative estimate of drug-likeness (QED) is 0.698. The lowest BCUT2D eigenvalue weighted by Crippen LogP contribution is -2.36. The molecule has 15 heavy (non-hydrogen) atoms. The number of rotatable bonds is 1. The highest BCUT2D eigenvalue weighted by Gasteiger charge is 2.27. The molecule has 0 aromatic rings. The van der Waals surface area contributed by atoms with Crippen molar-refractivity contribution < 1.29 is 9.84 Å². The molecule has 0 saturated heterocycles. The maximum atomic E-state index is 9.65. The van der Waals surface area contributed by atoms with Gasteiger partial charge in [-0.25, -0.2) is 4.99 Å². The van der Waals surface area contributed by atoms with E-state index in [0.717, 1.165) is 0 Å². The predicted molar refractivity (Wildman–Crippen MR) is 61.6 cm³/mol. The molecule has 2 atom stereocenters. The number of hydrogen-bond acceptors (Lipinski definition) is 4. The molecular weight excluding hydrogens is 216 g/mol. The van der Waals surface area contributed by atoms with Gasteiger partial charge in [0.1, 0.15) is 0 Å². The third-order valence-electron chi connectivity index (χ3n) is 2.34. The van der Waals surface area contributed by atoms with Gasteiger partial charge in [-0.3, -0.25) is 4.99 Å². The van der Waals surface area contributed by atoms with Crippen LogP contribution in [0, 0.1) is 0 Å². The minimum Gasteiger partial charge on any atom is -0.364 e. The smallest absolute Gasteiger partial charge is 0.217 e. The Balaban J connectivity index is 2.93. The Morgan fingerprint density at radius 2 is 2.47 bits per heavy atom. The molecule has 0 aromatic carbocycles. The highest BCUT2D eigenvalue weighted by atomic mass is 35.5. The maximum Gasteiger partial charge on any atom is 0.217 e. The number of hydrogen-bond donors (Lipinski definition) is 1. The first kappa shape index (κ1) is 12.4. The second-order valence-electron chi connectivity index (χ2n) is 3.69. The van der Waals surface area contributed by atoms with Crippen molar-refractivity contribution in [2.24, 2.45) is 9.98 Å². The van der Waals surface area contributed by atoms with E-state index in [1.54, 1.807) is 0 Å². The van der Waals surface area contributed by atoms with Crippen LogP contribution < -0.4 is 0 Å². The van der Waals surface area contributed by atoms with Gasteiger partial charge in [-0.2, -0.15) is 0 Å². The predicted octanol–water partition coefficient (Wildman–Crippen LogP) is 1.73. The molecule has 1 aliphatic heterocycles. The molecule has 0 aromatic heterocycles. The van der Waals surface area contributed by atoms with Crippen molar-refractivity contribution in [2.75, 3.05) is 6.54 Å². The van der Waals surface area contributed by atoms with Crippen LogP contribution in [0.5, 0.6) is 0 Å². The van der Waals surface area contributed by atoms with E-state index in [-0.39, 0.29) is 5.29 Å². The summed E-state index contributed by atoms with van der Waals surface area (Å²) in [6.07, 6.45) is 1.01. The molecule has 2 unspecified atom stereocenters. The number of amidine groups is 1. The fourth-order valence-corrected chi connectivity index (χ4v) is 1.16. The third kappa shape index (κ3) is 3.41. The first-order chi connectivity index (χ1) is 6.97. The average molecular weight is 231 g/mol. The zero-order valence-corrected chi connectivity index (χ0v) is 9.66. The Hall–Kier alpha value is -0.710. The number of nitrogens with zero attached hydrogens (tertiary/aromatic N) is 2. The van der Waals surface area contributed by atoms with Crippen LogP contribution in [0.25, 0.3) is 0 Å². The zero-order chi connectivity index (χ0) is 11.5. The Morgan fingerprint density at radius 3 is 3.07 bits per heavy atom. The van der Waals surface area contributed by atoms with Crippen LogP contribution in [0.4, 0.5) is 0 Å². The lowest BCUT2D eigenvalue weighted by atomic mass is 10.0. The summed E-state index contributed by atoms with van der Waals surface area (Å²) >= 11 is 5.74. The Labute approximate surface area is 94.3 Å². The monoisotopic (exact) mass is 230 g/mol. The topological polar surface area (TPSA) is 54.2 Å². The van der Waals surface area contributed by atoms with Gasteiger partial charge in [0.25, 0.3) is 0 Å². The first-order valence-corrected chi connectivity index (χ1v) is 5.13. The van der Waals surface area contributed by atoms with E-state index in [4.69, 9.17) is 16.3 Å². The van der Waals surface area contributed by atoms with Crippen molar-refractivity contribution in [3.63, 3.8) is 0 Å². The van der Waals surface area contributed by atoms with Crippen molar-refractivity contribution in [1.29, 1.82) is 0 Å². The molecule has 1 rings (SSSR count). The molecule has 1 N–H and O–H groups in total. The van der Waals surface area contributed by atoms with Gasteiger partial charge in [0.2, 0.25) is 5.29 Å². The van der Waals surface area contributed by atoms with Crippen LogP contribution in [0.1, 0.15) is 20.3 Å². The molecule has 0 saturated carbocycles. The van der Waals surface area contributed by atoms with Crippen LogP contribution in [-0.2, 0) is 4.74 Å². The molecule has 0 spiro atoms. The summed E-state index contributed by atoms with van der Waals surface area (Å²) in [6.45, 7) is 7.82. The second-order valence-corrected chi connectivity index (χ2v) is 4.03. The van der Waals surface area contributed by atoms with Crippen molar-refractivity contribution >= 4 is 23.1 Å². The highest BCUT2D eigenvalue weighted by molar-refractivity contribution is 6.65. The minimum absolute atomic E-state index is 0.147. The standard InChI is InChI=1S/C10H15ClN2O2/c1-4-10(3)6-13-9(11)12-5-7(2)8(14)15-10/h5,8,14H,2,4,6H2,1,3H3/b12-5-,13-9-. The number of ether oxygens (including phenoxy) is 1. The summed E-state index contributed by atoms with van der Waals surface area (Å²) in [4.78, 5) is 7.87. The summed E-state index contributed by atoms with van der Waals surface area (Å²) in [7, 11) is 0. The van der Waals surface area contributed by atoms with Crippen LogP contribution in [-0.4, -0.2) is 35.1 Å². The molecule has 4 nitrogen and oxygen atoms in total. The van der Waals surface area contributed by atoms with E-state index in [9.17, 15) is 5.11 Å². The molecule has 0 fully saturated rings. The molecule has 0 amide bonds. The molecule has 5 heteroatoms. The maximum absolute atomic E-state index is 9.65. The van der Waals surface area contributed by atoms with Gasteiger partial charge in [0.15, 0.2) is 6.29 Å². The van der Waals surface area contributed by atoms with Gasteiger partial charge in [-0.1, -0.05) is 13.5 Å². The van der Waals surface area contributed by atoms with Gasteiger partial charge in [0, 0.05) is 11.8 Å². The summed E-state index contributed by atoms with van der Waals surface area (Å²) in [6, 6.07) is 0. The summed E-state index contributed by atoms with van der Waals surface area (Å²) in [5, 5.41) is 9.80. The third-order valence-corrected chi connectivity index (χ3v) is 2.56. The molecule has 0 radical (unpaired) electrons. The summed E-state index contributed by atoms with van der Waals surface area (Å²) in [5.41, 5.74) is -0.180. The lowest BCUT2D eigenvalue weighted by Gasteiger charge is -2.29. The van der Waals surface area contributed by atoms with Gasteiger partial charge in [-0.05, 0) is 24.9 Å². The van der Waals surface area contributed by atoms with E-state index in [1.165, 1.54) is 6.21 Å². The van der Waals surface area contributed by atoms with Gasteiger partial charge in [-0.15, -0.1) is 0 Å². The van der Waals surface area contributed by atoms with Gasteiger partial charge < -0.3 is 9.84 Å². The molecule has 84 valence electrons. The fourth-order valence-electron chi connectivity index (χ4n) is 1.05. The zero-order valence-electron chi connectivity index (χ0n) is 8.90.